The van der Waals surface area contributed by atoms with Gasteiger partial charge in [0, 0.05) is 13.7 Å². The second kappa shape index (κ2) is 7.97. The Morgan fingerprint density at radius 3 is 2.96 bits per heavy atom. The van der Waals surface area contributed by atoms with Crippen LogP contribution in [0.1, 0.15) is 35.6 Å². The fraction of sp³-hybridized carbons (Fsp3) is 0.444. The third-order valence-electron chi connectivity index (χ3n) is 4.12. The summed E-state index contributed by atoms with van der Waals surface area (Å²) in [6.45, 7) is 1.47. The molecule has 2 aromatic rings. The van der Waals surface area contributed by atoms with Crippen molar-refractivity contribution in [2.45, 2.75) is 31.9 Å². The Morgan fingerprint density at radius 1 is 1.33 bits per heavy atom. The minimum absolute atomic E-state index is 0.105. The first-order valence-corrected chi connectivity index (χ1v) is 8.20. The highest BCUT2D eigenvalue weighted by Gasteiger charge is 2.29. The van der Waals surface area contributed by atoms with E-state index in [9.17, 15) is 4.79 Å². The van der Waals surface area contributed by atoms with Gasteiger partial charge in [-0.1, -0.05) is 18.2 Å². The molecule has 0 bridgehead atoms. The average molecular weight is 330 g/mol. The zero-order chi connectivity index (χ0) is 16.8. The van der Waals surface area contributed by atoms with Gasteiger partial charge >= 0.3 is 0 Å². The highest BCUT2D eigenvalue weighted by molar-refractivity contribution is 5.92. The number of carbonyl (C=O) groups is 1. The summed E-state index contributed by atoms with van der Waals surface area (Å²) in [5.41, 5.74) is 0.324. The molecule has 0 spiro atoms. The van der Waals surface area contributed by atoms with Crippen molar-refractivity contribution in [2.24, 2.45) is 0 Å². The van der Waals surface area contributed by atoms with E-state index in [1.807, 2.05) is 35.2 Å². The zero-order valence-corrected chi connectivity index (χ0v) is 13.8. The molecule has 1 aromatic carbocycles. The molecule has 1 aliphatic rings. The van der Waals surface area contributed by atoms with Gasteiger partial charge in [0.05, 0.1) is 12.6 Å². The number of methoxy groups -OCH3 is 1. The van der Waals surface area contributed by atoms with Crippen LogP contribution < -0.4 is 4.74 Å². The van der Waals surface area contributed by atoms with Gasteiger partial charge in [-0.3, -0.25) is 4.79 Å². The van der Waals surface area contributed by atoms with Crippen LogP contribution in [0.15, 0.2) is 41.0 Å². The third-order valence-corrected chi connectivity index (χ3v) is 4.12. The molecule has 1 aliphatic heterocycles. The molecule has 24 heavy (non-hydrogen) atoms. The number of likely N-dealkylation sites (tertiary alicyclic amines) is 1. The van der Waals surface area contributed by atoms with Crippen molar-refractivity contribution in [3.63, 3.8) is 0 Å². The summed E-state index contributed by atoms with van der Waals surface area (Å²) in [7, 11) is 1.66. The molecule has 1 atom stereocenters. The summed E-state index contributed by atoms with van der Waals surface area (Å²) in [5.74, 6) is 1.02. The number of para-hydroxylation sites is 1. The van der Waals surface area contributed by atoms with Crippen LogP contribution in [0, 0.1) is 0 Å². The Hall–Kier alpha value is -2.34. The molecule has 1 saturated heterocycles. The summed E-state index contributed by atoms with van der Waals surface area (Å²) in [6, 6.07) is 9.54. The van der Waals surface area contributed by atoms with E-state index >= 15 is 0 Å². The van der Waals surface area contributed by atoms with Gasteiger partial charge in [0.15, 0.2) is 12.3 Å². The maximum Gasteiger partial charge on any atom is 0.276 e. The summed E-state index contributed by atoms with van der Waals surface area (Å²) < 4.78 is 16.2. The van der Waals surface area contributed by atoms with Gasteiger partial charge in [-0.2, -0.15) is 0 Å². The number of amides is 1. The quantitative estimate of drug-likeness (QED) is 0.815. The van der Waals surface area contributed by atoms with Gasteiger partial charge in [-0.25, -0.2) is 4.98 Å². The van der Waals surface area contributed by atoms with Crippen molar-refractivity contribution in [3.05, 3.63) is 48.2 Å². The number of piperidine rings is 1. The van der Waals surface area contributed by atoms with E-state index in [-0.39, 0.29) is 18.6 Å². The Kier molecular flexibility index (Phi) is 5.48. The van der Waals surface area contributed by atoms with Crippen molar-refractivity contribution in [3.8, 4) is 5.75 Å². The molecule has 1 fully saturated rings. The largest absolute Gasteiger partial charge is 0.484 e. The summed E-state index contributed by atoms with van der Waals surface area (Å²) in [4.78, 5) is 18.8. The molecule has 2 heterocycles. The number of benzene rings is 1. The van der Waals surface area contributed by atoms with Crippen LogP contribution in [0.25, 0.3) is 0 Å². The SMILES string of the molecule is COC[C@H]1CCCCN1C(=O)c1coc(COc2ccccc2)n1. The molecule has 0 unspecified atom stereocenters. The Balaban J connectivity index is 1.62. The molecule has 3 rings (SSSR count). The van der Waals surface area contributed by atoms with E-state index in [1.54, 1.807) is 7.11 Å². The Labute approximate surface area is 141 Å². The third kappa shape index (κ3) is 3.94. The summed E-state index contributed by atoms with van der Waals surface area (Å²) >= 11 is 0. The van der Waals surface area contributed by atoms with Crippen LogP contribution in [0.4, 0.5) is 0 Å². The van der Waals surface area contributed by atoms with E-state index < -0.39 is 0 Å². The molecule has 0 saturated carbocycles. The second-order valence-electron chi connectivity index (χ2n) is 5.83. The topological polar surface area (TPSA) is 64.8 Å². The molecular weight excluding hydrogens is 308 g/mol. The predicted octanol–water partition coefficient (Wildman–Crippen LogP) is 2.89. The molecule has 1 amide bonds. The maximum absolute atomic E-state index is 12.7. The van der Waals surface area contributed by atoms with Crippen LogP contribution in [-0.2, 0) is 11.3 Å². The van der Waals surface area contributed by atoms with Crippen molar-refractivity contribution in [2.75, 3.05) is 20.3 Å². The lowest BCUT2D eigenvalue weighted by Gasteiger charge is -2.34. The van der Waals surface area contributed by atoms with E-state index in [2.05, 4.69) is 4.98 Å². The van der Waals surface area contributed by atoms with Crippen LogP contribution >= 0.6 is 0 Å². The van der Waals surface area contributed by atoms with Crippen LogP contribution in [0.2, 0.25) is 0 Å². The normalized spacial score (nSPS) is 17.7. The van der Waals surface area contributed by atoms with Crippen LogP contribution in [0.3, 0.4) is 0 Å². The first-order chi connectivity index (χ1) is 11.8. The number of aromatic nitrogens is 1. The highest BCUT2D eigenvalue weighted by atomic mass is 16.5. The molecule has 6 heteroatoms. The lowest BCUT2D eigenvalue weighted by atomic mass is 10.0. The van der Waals surface area contributed by atoms with Gasteiger partial charge in [-0.15, -0.1) is 0 Å². The number of carbonyl (C=O) groups excluding carboxylic acids is 1. The minimum atomic E-state index is -0.105. The first-order valence-electron chi connectivity index (χ1n) is 8.20. The Morgan fingerprint density at radius 2 is 2.17 bits per heavy atom. The lowest BCUT2D eigenvalue weighted by Crippen LogP contribution is -2.46. The fourth-order valence-corrected chi connectivity index (χ4v) is 2.92. The zero-order valence-electron chi connectivity index (χ0n) is 13.8. The van der Waals surface area contributed by atoms with Gasteiger partial charge < -0.3 is 18.8 Å². The second-order valence-corrected chi connectivity index (χ2v) is 5.83. The number of nitrogens with zero attached hydrogens (tertiary/aromatic N) is 2. The summed E-state index contributed by atoms with van der Waals surface area (Å²) in [6.07, 6.45) is 4.49. The molecule has 6 nitrogen and oxygen atoms in total. The monoisotopic (exact) mass is 330 g/mol. The lowest BCUT2D eigenvalue weighted by molar-refractivity contribution is 0.0423. The number of ether oxygens (including phenoxy) is 2. The number of hydrogen-bond donors (Lipinski definition) is 0. The molecule has 0 aliphatic carbocycles. The van der Waals surface area contributed by atoms with E-state index in [4.69, 9.17) is 13.9 Å². The Bertz CT molecular complexity index is 654. The maximum atomic E-state index is 12.7. The molecule has 0 radical (unpaired) electrons. The average Bonchev–Trinajstić information content (AvgIpc) is 3.10. The predicted molar refractivity (Wildman–Crippen MR) is 87.8 cm³/mol. The fourth-order valence-electron chi connectivity index (χ4n) is 2.92. The molecule has 0 N–H and O–H groups in total. The van der Waals surface area contributed by atoms with Crippen molar-refractivity contribution < 1.29 is 18.7 Å². The molecule has 1 aromatic heterocycles. The highest BCUT2D eigenvalue weighted by Crippen LogP contribution is 2.20. The minimum Gasteiger partial charge on any atom is -0.484 e. The van der Waals surface area contributed by atoms with Crippen molar-refractivity contribution >= 4 is 5.91 Å². The van der Waals surface area contributed by atoms with Crippen molar-refractivity contribution in [1.29, 1.82) is 0 Å². The molecular formula is C18H22N2O4. The molecule has 128 valence electrons. The van der Waals surface area contributed by atoms with Crippen molar-refractivity contribution in [1.82, 2.24) is 9.88 Å². The van der Waals surface area contributed by atoms with Crippen LogP contribution in [0.5, 0.6) is 5.75 Å². The van der Waals surface area contributed by atoms with Gasteiger partial charge in [0.25, 0.3) is 5.91 Å². The van der Waals surface area contributed by atoms with Gasteiger partial charge in [0.2, 0.25) is 5.89 Å². The summed E-state index contributed by atoms with van der Waals surface area (Å²) in [5, 5.41) is 0. The first kappa shape index (κ1) is 16.5. The van der Waals surface area contributed by atoms with E-state index in [0.717, 1.165) is 31.6 Å². The van der Waals surface area contributed by atoms with Gasteiger partial charge in [-0.05, 0) is 31.4 Å². The number of rotatable bonds is 6. The number of hydrogen-bond acceptors (Lipinski definition) is 5. The van der Waals surface area contributed by atoms with E-state index in [1.165, 1.54) is 6.26 Å². The smallest absolute Gasteiger partial charge is 0.276 e. The van der Waals surface area contributed by atoms with Gasteiger partial charge in [0.1, 0.15) is 12.0 Å². The standard InChI is InChI=1S/C18H22N2O4/c1-22-11-14-7-5-6-10-20(14)18(21)16-12-24-17(19-16)13-23-15-8-3-2-4-9-15/h2-4,8-9,12,14H,5-7,10-11,13H2,1H3/t14-/m1/s1. The van der Waals surface area contributed by atoms with E-state index in [0.29, 0.717) is 18.2 Å². The number of oxazole rings is 1. The van der Waals surface area contributed by atoms with Crippen LogP contribution in [-0.4, -0.2) is 42.1 Å².